The summed E-state index contributed by atoms with van der Waals surface area (Å²) in [6, 6.07) is 7.37. The summed E-state index contributed by atoms with van der Waals surface area (Å²) < 4.78 is 1.41. The van der Waals surface area contributed by atoms with Crippen molar-refractivity contribution in [3.63, 3.8) is 0 Å². The number of hydrogen-bond donors (Lipinski definition) is 1. The van der Waals surface area contributed by atoms with Gasteiger partial charge in [0.1, 0.15) is 0 Å². The van der Waals surface area contributed by atoms with Gasteiger partial charge in [0.25, 0.3) is 5.56 Å². The van der Waals surface area contributed by atoms with E-state index in [1.54, 1.807) is 12.3 Å². The Kier molecular flexibility index (Phi) is 3.01. The van der Waals surface area contributed by atoms with Crippen LogP contribution in [0.1, 0.15) is 6.92 Å². The number of benzene rings is 1. The second kappa shape index (κ2) is 4.45. The highest BCUT2D eigenvalue weighted by molar-refractivity contribution is 5.80. The molecule has 0 spiro atoms. The Labute approximate surface area is 93.1 Å². The van der Waals surface area contributed by atoms with Gasteiger partial charge in [-0.05, 0) is 12.0 Å². The maximum atomic E-state index is 12.0. The maximum Gasteiger partial charge on any atom is 0.274 e. The summed E-state index contributed by atoms with van der Waals surface area (Å²) in [6.07, 6.45) is 1.68. The minimum Gasteiger partial charge on any atom is -0.396 e. The van der Waals surface area contributed by atoms with Crippen molar-refractivity contribution in [2.45, 2.75) is 13.5 Å². The lowest BCUT2D eigenvalue weighted by Crippen LogP contribution is -2.26. The van der Waals surface area contributed by atoms with Crippen molar-refractivity contribution in [1.29, 1.82) is 0 Å². The molecule has 84 valence electrons. The van der Waals surface area contributed by atoms with Crippen LogP contribution in [0.15, 0.2) is 35.3 Å². The van der Waals surface area contributed by atoms with Gasteiger partial charge in [0.15, 0.2) is 0 Å². The zero-order valence-electron chi connectivity index (χ0n) is 9.13. The largest absolute Gasteiger partial charge is 0.396 e. The lowest BCUT2D eigenvalue weighted by molar-refractivity contribution is 0.217. The van der Waals surface area contributed by atoms with Crippen molar-refractivity contribution in [3.05, 3.63) is 40.8 Å². The van der Waals surface area contributed by atoms with Gasteiger partial charge in [0.05, 0.1) is 11.6 Å². The van der Waals surface area contributed by atoms with Crippen LogP contribution in [0.4, 0.5) is 0 Å². The Hall–Kier alpha value is -1.68. The number of aliphatic hydroxyl groups excluding tert-OH is 1. The third-order valence-electron chi connectivity index (χ3n) is 2.56. The molecule has 0 amide bonds. The summed E-state index contributed by atoms with van der Waals surface area (Å²) in [5.74, 6) is 0.0337. The van der Waals surface area contributed by atoms with E-state index in [1.165, 1.54) is 4.68 Å². The van der Waals surface area contributed by atoms with Crippen molar-refractivity contribution in [3.8, 4) is 0 Å². The molecule has 0 aliphatic heterocycles. The number of fused-ring (bicyclic) bond motifs is 1. The van der Waals surface area contributed by atoms with Crippen molar-refractivity contribution < 1.29 is 5.11 Å². The van der Waals surface area contributed by atoms with E-state index >= 15 is 0 Å². The number of hydrogen-bond acceptors (Lipinski definition) is 3. The molecule has 0 saturated carbocycles. The standard InChI is InChI=1S/C12H14N2O2/c1-9(8-15)7-14-12(16)11-5-3-2-4-10(11)6-13-14/h2-6,9,15H,7-8H2,1H3. The highest BCUT2D eigenvalue weighted by Crippen LogP contribution is 2.07. The summed E-state index contributed by atoms with van der Waals surface area (Å²) in [5, 5.41) is 14.6. The van der Waals surface area contributed by atoms with Crippen LogP contribution in [-0.2, 0) is 6.54 Å². The molecule has 1 heterocycles. The zero-order chi connectivity index (χ0) is 11.5. The lowest BCUT2D eigenvalue weighted by Gasteiger charge is -2.09. The molecule has 0 saturated heterocycles. The topological polar surface area (TPSA) is 55.1 Å². The summed E-state index contributed by atoms with van der Waals surface area (Å²) >= 11 is 0. The SMILES string of the molecule is CC(CO)Cn1ncc2ccccc2c1=O. The van der Waals surface area contributed by atoms with Crippen LogP contribution in [0.2, 0.25) is 0 Å². The molecule has 1 unspecified atom stereocenters. The van der Waals surface area contributed by atoms with Gasteiger partial charge in [-0.2, -0.15) is 5.10 Å². The van der Waals surface area contributed by atoms with Gasteiger partial charge in [-0.3, -0.25) is 4.79 Å². The summed E-state index contributed by atoms with van der Waals surface area (Å²) in [6.45, 7) is 2.38. The molecule has 16 heavy (non-hydrogen) atoms. The smallest absolute Gasteiger partial charge is 0.274 e. The number of aromatic nitrogens is 2. The molecule has 0 fully saturated rings. The maximum absolute atomic E-state index is 12.0. The molecule has 1 atom stereocenters. The Morgan fingerprint density at radius 3 is 2.94 bits per heavy atom. The van der Waals surface area contributed by atoms with E-state index in [-0.39, 0.29) is 18.1 Å². The molecule has 1 aromatic carbocycles. The molecule has 0 aliphatic rings. The van der Waals surface area contributed by atoms with E-state index in [0.29, 0.717) is 11.9 Å². The van der Waals surface area contributed by atoms with Crippen LogP contribution in [0.5, 0.6) is 0 Å². The number of aliphatic hydroxyl groups is 1. The van der Waals surface area contributed by atoms with Crippen LogP contribution in [-0.4, -0.2) is 21.5 Å². The zero-order valence-corrected chi connectivity index (χ0v) is 9.13. The summed E-state index contributed by atoms with van der Waals surface area (Å²) in [5.41, 5.74) is -0.0987. The minimum atomic E-state index is -0.0987. The van der Waals surface area contributed by atoms with Crippen molar-refractivity contribution in [2.75, 3.05) is 6.61 Å². The second-order valence-electron chi connectivity index (χ2n) is 4.01. The quantitative estimate of drug-likeness (QED) is 0.837. The van der Waals surface area contributed by atoms with Gasteiger partial charge in [-0.15, -0.1) is 0 Å². The van der Waals surface area contributed by atoms with Gasteiger partial charge in [-0.1, -0.05) is 25.1 Å². The van der Waals surface area contributed by atoms with E-state index in [4.69, 9.17) is 5.11 Å². The number of nitrogens with zero attached hydrogens (tertiary/aromatic N) is 2. The van der Waals surface area contributed by atoms with E-state index in [0.717, 1.165) is 5.39 Å². The molecular formula is C12H14N2O2. The first-order valence-corrected chi connectivity index (χ1v) is 5.28. The Morgan fingerprint density at radius 1 is 1.44 bits per heavy atom. The molecule has 0 bridgehead atoms. The van der Waals surface area contributed by atoms with Gasteiger partial charge in [0, 0.05) is 18.5 Å². The molecule has 4 heteroatoms. The first-order valence-electron chi connectivity index (χ1n) is 5.28. The molecule has 1 N–H and O–H groups in total. The second-order valence-corrected chi connectivity index (χ2v) is 4.01. The van der Waals surface area contributed by atoms with Crippen LogP contribution in [0, 0.1) is 5.92 Å². The molecule has 1 aromatic heterocycles. The highest BCUT2D eigenvalue weighted by atomic mass is 16.3. The van der Waals surface area contributed by atoms with Gasteiger partial charge in [0.2, 0.25) is 0 Å². The normalized spacial score (nSPS) is 12.9. The Bertz CT molecular complexity index is 548. The molecule has 4 nitrogen and oxygen atoms in total. The van der Waals surface area contributed by atoms with Crippen LogP contribution >= 0.6 is 0 Å². The Morgan fingerprint density at radius 2 is 2.19 bits per heavy atom. The third kappa shape index (κ3) is 1.97. The fraction of sp³-hybridized carbons (Fsp3) is 0.333. The first kappa shape index (κ1) is 10.8. The third-order valence-corrected chi connectivity index (χ3v) is 2.56. The number of rotatable bonds is 3. The fourth-order valence-electron chi connectivity index (χ4n) is 1.61. The van der Waals surface area contributed by atoms with Crippen LogP contribution < -0.4 is 5.56 Å². The average molecular weight is 218 g/mol. The minimum absolute atomic E-state index is 0.0337. The van der Waals surface area contributed by atoms with Gasteiger partial charge in [-0.25, -0.2) is 4.68 Å². The lowest BCUT2D eigenvalue weighted by atomic mass is 10.2. The summed E-state index contributed by atoms with van der Waals surface area (Å²) in [4.78, 5) is 12.0. The van der Waals surface area contributed by atoms with Gasteiger partial charge >= 0.3 is 0 Å². The van der Waals surface area contributed by atoms with Gasteiger partial charge < -0.3 is 5.11 Å². The average Bonchev–Trinajstić information content (AvgIpc) is 2.33. The predicted molar refractivity (Wildman–Crippen MR) is 62.3 cm³/mol. The fourth-order valence-corrected chi connectivity index (χ4v) is 1.61. The predicted octanol–water partition coefficient (Wildman–Crippen LogP) is 1.02. The molecule has 0 aliphatic carbocycles. The molecule has 2 rings (SSSR count). The van der Waals surface area contributed by atoms with Crippen molar-refractivity contribution in [2.24, 2.45) is 5.92 Å². The monoisotopic (exact) mass is 218 g/mol. The van der Waals surface area contributed by atoms with E-state index in [1.807, 2.05) is 25.1 Å². The van der Waals surface area contributed by atoms with Crippen molar-refractivity contribution >= 4 is 10.8 Å². The highest BCUT2D eigenvalue weighted by Gasteiger charge is 2.06. The van der Waals surface area contributed by atoms with E-state index in [2.05, 4.69) is 5.10 Å². The summed E-state index contributed by atoms with van der Waals surface area (Å²) in [7, 11) is 0. The van der Waals surface area contributed by atoms with E-state index in [9.17, 15) is 4.79 Å². The van der Waals surface area contributed by atoms with Crippen LogP contribution in [0.3, 0.4) is 0 Å². The first-order chi connectivity index (χ1) is 7.72. The molecular weight excluding hydrogens is 204 g/mol. The Balaban J connectivity index is 2.49. The molecule has 0 radical (unpaired) electrons. The van der Waals surface area contributed by atoms with Crippen LogP contribution in [0.25, 0.3) is 10.8 Å². The van der Waals surface area contributed by atoms with Crippen molar-refractivity contribution in [1.82, 2.24) is 9.78 Å². The molecule has 2 aromatic rings. The van der Waals surface area contributed by atoms with E-state index < -0.39 is 0 Å².